The smallest absolute Gasteiger partial charge is 0.238 e. The first-order valence-electron chi connectivity index (χ1n) is 11.0. The average Bonchev–Trinajstić information content (AvgIpc) is 3.36. The molecule has 0 saturated heterocycles. The van der Waals surface area contributed by atoms with Crippen LogP contribution in [0.5, 0.6) is 11.5 Å². The van der Waals surface area contributed by atoms with E-state index in [1.54, 1.807) is 0 Å². The van der Waals surface area contributed by atoms with Gasteiger partial charge in [-0.1, -0.05) is 91.0 Å². The number of thiazole rings is 1. The lowest BCUT2D eigenvalue weighted by molar-refractivity contribution is -0.116. The van der Waals surface area contributed by atoms with Gasteiger partial charge in [-0.3, -0.25) is 4.79 Å². The maximum absolute atomic E-state index is 13.4. The fourth-order valence-corrected chi connectivity index (χ4v) is 5.02. The molecule has 164 valence electrons. The minimum Gasteiger partial charge on any atom is -0.457 e. The van der Waals surface area contributed by atoms with E-state index in [0.717, 1.165) is 27.9 Å². The number of anilines is 1. The van der Waals surface area contributed by atoms with Crippen LogP contribution in [-0.2, 0) is 4.79 Å². The number of nitrogens with one attached hydrogen (secondary N) is 1. The number of rotatable bonds is 4. The molecule has 1 amide bonds. The van der Waals surface area contributed by atoms with Crippen LogP contribution in [0.3, 0.4) is 0 Å². The van der Waals surface area contributed by atoms with Gasteiger partial charge in [0.2, 0.25) is 5.91 Å². The number of hydrogen-bond donors (Lipinski definition) is 1. The summed E-state index contributed by atoms with van der Waals surface area (Å²) < 4.78 is 6.02. The minimum absolute atomic E-state index is 0.122. The molecular weight excluding hydrogens is 440 g/mol. The highest BCUT2D eigenvalue weighted by atomic mass is 32.1. The standard InChI is InChI=1S/C29H20N2O2S/c32-28(27-22-10-4-6-12-25(22)33-26-13-7-5-11-23(26)27)31-29-30-24(18-34-29)21-16-14-20(15-17-21)19-8-2-1-3-9-19/h1-18,27H,(H,30,31,32). The van der Waals surface area contributed by atoms with Crippen LogP contribution in [0.25, 0.3) is 22.4 Å². The van der Waals surface area contributed by atoms with Gasteiger partial charge in [-0.25, -0.2) is 4.98 Å². The quantitative estimate of drug-likeness (QED) is 0.305. The van der Waals surface area contributed by atoms with Gasteiger partial charge in [0.15, 0.2) is 5.13 Å². The van der Waals surface area contributed by atoms with Crippen molar-refractivity contribution >= 4 is 22.4 Å². The molecule has 0 bridgehead atoms. The molecule has 0 radical (unpaired) electrons. The second-order valence-corrected chi connectivity index (χ2v) is 8.94. The Morgan fingerprint density at radius 1 is 0.706 bits per heavy atom. The lowest BCUT2D eigenvalue weighted by atomic mass is 9.87. The van der Waals surface area contributed by atoms with E-state index in [1.165, 1.54) is 16.9 Å². The number of benzene rings is 4. The van der Waals surface area contributed by atoms with E-state index in [1.807, 2.05) is 72.1 Å². The van der Waals surface area contributed by atoms with Crippen molar-refractivity contribution in [1.82, 2.24) is 4.98 Å². The van der Waals surface area contributed by atoms with E-state index in [-0.39, 0.29) is 5.91 Å². The average molecular weight is 461 g/mol. The number of carbonyl (C=O) groups is 1. The van der Waals surface area contributed by atoms with Gasteiger partial charge >= 0.3 is 0 Å². The van der Waals surface area contributed by atoms with Gasteiger partial charge < -0.3 is 10.1 Å². The molecule has 1 aromatic heterocycles. The summed E-state index contributed by atoms with van der Waals surface area (Å²) in [7, 11) is 0. The second kappa shape index (κ2) is 8.61. The van der Waals surface area contributed by atoms with Crippen LogP contribution < -0.4 is 10.1 Å². The third-order valence-corrected chi connectivity index (χ3v) is 6.72. The Labute approximate surface area is 201 Å². The molecule has 0 aliphatic carbocycles. The maximum atomic E-state index is 13.4. The highest BCUT2D eigenvalue weighted by Crippen LogP contribution is 2.44. The van der Waals surface area contributed by atoms with Crippen LogP contribution in [0.1, 0.15) is 17.0 Å². The molecule has 0 fully saturated rings. The third-order valence-electron chi connectivity index (χ3n) is 5.96. The van der Waals surface area contributed by atoms with Crippen molar-refractivity contribution in [3.63, 3.8) is 0 Å². The first-order valence-corrected chi connectivity index (χ1v) is 11.9. The molecule has 0 spiro atoms. The molecule has 1 aliphatic heterocycles. The first-order chi connectivity index (χ1) is 16.8. The summed E-state index contributed by atoms with van der Waals surface area (Å²) in [5.74, 6) is 0.835. The second-order valence-electron chi connectivity index (χ2n) is 8.08. The monoisotopic (exact) mass is 460 g/mol. The van der Waals surface area contributed by atoms with E-state index in [4.69, 9.17) is 4.74 Å². The fraction of sp³-hybridized carbons (Fsp3) is 0.0345. The molecule has 4 nitrogen and oxygen atoms in total. The minimum atomic E-state index is -0.460. The summed E-state index contributed by atoms with van der Waals surface area (Å²) in [6.07, 6.45) is 0. The normalized spacial score (nSPS) is 12.4. The van der Waals surface area contributed by atoms with Crippen molar-refractivity contribution in [2.24, 2.45) is 0 Å². The predicted octanol–water partition coefficient (Wildman–Crippen LogP) is 7.35. The molecule has 0 unspecified atom stereocenters. The molecule has 2 heterocycles. The van der Waals surface area contributed by atoms with Crippen molar-refractivity contribution in [2.45, 2.75) is 5.92 Å². The molecule has 0 atom stereocenters. The molecular formula is C29H20N2O2S. The summed E-state index contributed by atoms with van der Waals surface area (Å²) in [6.45, 7) is 0. The fourth-order valence-electron chi connectivity index (χ4n) is 4.30. The van der Waals surface area contributed by atoms with Crippen molar-refractivity contribution in [3.05, 3.63) is 120 Å². The van der Waals surface area contributed by atoms with Gasteiger partial charge in [0.05, 0.1) is 11.6 Å². The van der Waals surface area contributed by atoms with Crippen molar-refractivity contribution in [3.8, 4) is 33.9 Å². The van der Waals surface area contributed by atoms with Gasteiger partial charge in [-0.15, -0.1) is 11.3 Å². The predicted molar refractivity (Wildman–Crippen MR) is 136 cm³/mol. The molecule has 5 aromatic rings. The highest BCUT2D eigenvalue weighted by Gasteiger charge is 2.32. The summed E-state index contributed by atoms with van der Waals surface area (Å²) in [6, 6.07) is 34.0. The molecule has 34 heavy (non-hydrogen) atoms. The van der Waals surface area contributed by atoms with Gasteiger partial charge in [0, 0.05) is 22.1 Å². The van der Waals surface area contributed by atoms with Gasteiger partial charge in [-0.05, 0) is 23.3 Å². The van der Waals surface area contributed by atoms with E-state index in [0.29, 0.717) is 16.6 Å². The lowest BCUT2D eigenvalue weighted by Gasteiger charge is -2.27. The summed E-state index contributed by atoms with van der Waals surface area (Å²) in [5.41, 5.74) is 5.90. The number of fused-ring (bicyclic) bond motifs is 2. The Balaban J connectivity index is 1.25. The van der Waals surface area contributed by atoms with E-state index >= 15 is 0 Å². The number of para-hydroxylation sites is 2. The Hall–Kier alpha value is -4.22. The molecule has 6 rings (SSSR count). The van der Waals surface area contributed by atoms with Crippen LogP contribution in [0, 0.1) is 0 Å². The number of nitrogens with zero attached hydrogens (tertiary/aromatic N) is 1. The van der Waals surface area contributed by atoms with Crippen LogP contribution in [0.15, 0.2) is 109 Å². The largest absolute Gasteiger partial charge is 0.457 e. The molecule has 1 aliphatic rings. The zero-order valence-electron chi connectivity index (χ0n) is 18.1. The van der Waals surface area contributed by atoms with Crippen LogP contribution in [0.4, 0.5) is 5.13 Å². The Morgan fingerprint density at radius 2 is 1.26 bits per heavy atom. The summed E-state index contributed by atoms with van der Waals surface area (Å²) in [5, 5.41) is 5.58. The summed E-state index contributed by atoms with van der Waals surface area (Å²) >= 11 is 1.43. The van der Waals surface area contributed by atoms with Crippen molar-refractivity contribution < 1.29 is 9.53 Å². The lowest BCUT2D eigenvalue weighted by Crippen LogP contribution is -2.25. The van der Waals surface area contributed by atoms with Crippen LogP contribution >= 0.6 is 11.3 Å². The summed E-state index contributed by atoms with van der Waals surface area (Å²) in [4.78, 5) is 18.1. The van der Waals surface area contributed by atoms with Crippen LogP contribution in [0.2, 0.25) is 0 Å². The Morgan fingerprint density at radius 3 is 1.94 bits per heavy atom. The van der Waals surface area contributed by atoms with E-state index < -0.39 is 5.92 Å². The number of aromatic nitrogens is 1. The first kappa shape index (κ1) is 20.4. The van der Waals surface area contributed by atoms with Crippen LogP contribution in [-0.4, -0.2) is 10.9 Å². The number of ether oxygens (including phenoxy) is 1. The van der Waals surface area contributed by atoms with Gasteiger partial charge in [0.25, 0.3) is 0 Å². The van der Waals surface area contributed by atoms with Gasteiger partial charge in [0.1, 0.15) is 11.5 Å². The van der Waals surface area contributed by atoms with Crippen molar-refractivity contribution in [1.29, 1.82) is 0 Å². The SMILES string of the molecule is O=C(Nc1nc(-c2ccc(-c3ccccc3)cc2)cs1)C1c2ccccc2Oc2ccccc21. The Kier molecular flexibility index (Phi) is 5.17. The molecule has 0 saturated carbocycles. The highest BCUT2D eigenvalue weighted by molar-refractivity contribution is 7.14. The Bertz CT molecular complexity index is 1430. The third kappa shape index (κ3) is 3.76. The maximum Gasteiger partial charge on any atom is 0.238 e. The topological polar surface area (TPSA) is 51.2 Å². The molecule has 5 heteroatoms. The van der Waals surface area contributed by atoms with E-state index in [2.05, 4.69) is 46.7 Å². The van der Waals surface area contributed by atoms with E-state index in [9.17, 15) is 4.79 Å². The molecule has 4 aromatic carbocycles. The van der Waals surface area contributed by atoms with Crippen molar-refractivity contribution in [2.75, 3.05) is 5.32 Å². The number of amides is 1. The zero-order valence-corrected chi connectivity index (χ0v) is 19.0. The van der Waals surface area contributed by atoms with Gasteiger partial charge in [-0.2, -0.15) is 0 Å². The zero-order chi connectivity index (χ0) is 22.9. The number of carbonyl (C=O) groups excluding carboxylic acids is 1. The molecule has 1 N–H and O–H groups in total. The number of hydrogen-bond acceptors (Lipinski definition) is 4.